The number of likely N-dealkylation sites (N-methyl/N-ethyl adjacent to an activating group) is 1. The summed E-state index contributed by atoms with van der Waals surface area (Å²) < 4.78 is 0. The van der Waals surface area contributed by atoms with Crippen LogP contribution in [0, 0.1) is 0 Å². The normalized spacial score (nSPS) is 19.1. The molecule has 1 aliphatic rings. The van der Waals surface area contributed by atoms with Gasteiger partial charge in [-0.2, -0.15) is 0 Å². The average Bonchev–Trinajstić information content (AvgIpc) is 2.24. The number of fused-ring (bicyclic) bond motifs is 1. The van der Waals surface area contributed by atoms with Gasteiger partial charge in [0.1, 0.15) is 5.78 Å². The van der Waals surface area contributed by atoms with Crippen molar-refractivity contribution in [2.24, 2.45) is 0 Å². The molecule has 2 nitrogen and oxygen atoms in total. The summed E-state index contributed by atoms with van der Waals surface area (Å²) in [5.74, 6) is 0.240. The molecule has 1 aromatic rings. The minimum Gasteiger partial charge on any atom is -0.367 e. The molecule has 0 aliphatic carbocycles. The highest BCUT2D eigenvalue weighted by atomic mass is 16.1. The van der Waals surface area contributed by atoms with Crippen LogP contribution in [0.15, 0.2) is 29.8 Å². The molecule has 0 N–H and O–H groups in total. The molecule has 2 rings (SSSR count). The van der Waals surface area contributed by atoms with Crippen molar-refractivity contribution in [3.63, 3.8) is 0 Å². The third-order valence-corrected chi connectivity index (χ3v) is 3.17. The van der Waals surface area contributed by atoms with Gasteiger partial charge in [0.2, 0.25) is 0 Å². The van der Waals surface area contributed by atoms with Crippen molar-refractivity contribution in [1.82, 2.24) is 0 Å². The quantitative estimate of drug-likeness (QED) is 0.756. The third-order valence-electron chi connectivity index (χ3n) is 3.17. The SMILES string of the molecule is CC(=O)CC1C(C)=Cc2ccccc2N1C. The number of carbonyl (C=O) groups is 1. The number of ketones is 1. The highest BCUT2D eigenvalue weighted by Crippen LogP contribution is 2.32. The molecule has 1 heterocycles. The fourth-order valence-electron chi connectivity index (χ4n) is 2.32. The van der Waals surface area contributed by atoms with E-state index >= 15 is 0 Å². The molecule has 0 aromatic heterocycles. The van der Waals surface area contributed by atoms with Crippen LogP contribution in [0.2, 0.25) is 0 Å². The van der Waals surface area contributed by atoms with Crippen LogP contribution in [0.5, 0.6) is 0 Å². The summed E-state index contributed by atoms with van der Waals surface area (Å²) in [6.07, 6.45) is 2.77. The zero-order chi connectivity index (χ0) is 11.7. The van der Waals surface area contributed by atoms with Crippen molar-refractivity contribution in [2.75, 3.05) is 11.9 Å². The minimum absolute atomic E-state index is 0.215. The van der Waals surface area contributed by atoms with Crippen LogP contribution in [-0.4, -0.2) is 18.9 Å². The molecule has 0 amide bonds. The topological polar surface area (TPSA) is 20.3 Å². The minimum atomic E-state index is 0.215. The van der Waals surface area contributed by atoms with Crippen molar-refractivity contribution in [2.45, 2.75) is 26.3 Å². The van der Waals surface area contributed by atoms with Crippen LogP contribution in [0.25, 0.3) is 6.08 Å². The number of hydrogen-bond donors (Lipinski definition) is 0. The highest BCUT2D eigenvalue weighted by Gasteiger charge is 2.24. The lowest BCUT2D eigenvalue weighted by atomic mass is 9.94. The third kappa shape index (κ3) is 1.87. The molecule has 1 aliphatic heterocycles. The maximum absolute atomic E-state index is 11.3. The second-order valence-corrected chi connectivity index (χ2v) is 4.48. The Hall–Kier alpha value is -1.57. The first-order chi connectivity index (χ1) is 7.59. The van der Waals surface area contributed by atoms with E-state index in [1.54, 1.807) is 6.92 Å². The van der Waals surface area contributed by atoms with Gasteiger partial charge in [0.15, 0.2) is 0 Å². The zero-order valence-corrected chi connectivity index (χ0v) is 10.0. The molecule has 0 saturated heterocycles. The van der Waals surface area contributed by atoms with Crippen LogP contribution in [0.1, 0.15) is 25.8 Å². The van der Waals surface area contributed by atoms with E-state index in [1.807, 2.05) is 12.1 Å². The lowest BCUT2D eigenvalue weighted by molar-refractivity contribution is -0.117. The van der Waals surface area contributed by atoms with Gasteiger partial charge in [0, 0.05) is 19.2 Å². The largest absolute Gasteiger partial charge is 0.367 e. The summed E-state index contributed by atoms with van der Waals surface area (Å²) in [7, 11) is 2.06. The number of benzene rings is 1. The number of Topliss-reactive ketones (excluding diaryl/α,β-unsaturated/α-hetero) is 1. The molecule has 0 fully saturated rings. The van der Waals surface area contributed by atoms with E-state index in [4.69, 9.17) is 0 Å². The van der Waals surface area contributed by atoms with Crippen molar-refractivity contribution < 1.29 is 4.79 Å². The van der Waals surface area contributed by atoms with Gasteiger partial charge in [-0.15, -0.1) is 0 Å². The Kier molecular flexibility index (Phi) is 2.82. The molecular weight excluding hydrogens is 198 g/mol. The zero-order valence-electron chi connectivity index (χ0n) is 10.0. The fourth-order valence-corrected chi connectivity index (χ4v) is 2.32. The summed E-state index contributed by atoms with van der Waals surface area (Å²) in [5.41, 5.74) is 3.71. The van der Waals surface area contributed by atoms with E-state index < -0.39 is 0 Å². The Labute approximate surface area is 96.6 Å². The summed E-state index contributed by atoms with van der Waals surface area (Å²) >= 11 is 0. The van der Waals surface area contributed by atoms with E-state index in [1.165, 1.54) is 16.8 Å². The van der Waals surface area contributed by atoms with Gasteiger partial charge in [-0.25, -0.2) is 0 Å². The van der Waals surface area contributed by atoms with Crippen molar-refractivity contribution in [1.29, 1.82) is 0 Å². The van der Waals surface area contributed by atoms with Gasteiger partial charge in [-0.1, -0.05) is 24.3 Å². The van der Waals surface area contributed by atoms with Gasteiger partial charge < -0.3 is 4.90 Å². The Balaban J connectivity index is 2.39. The van der Waals surface area contributed by atoms with Crippen LogP contribution in [0.4, 0.5) is 5.69 Å². The number of hydrogen-bond acceptors (Lipinski definition) is 2. The van der Waals surface area contributed by atoms with Gasteiger partial charge >= 0.3 is 0 Å². The summed E-state index contributed by atoms with van der Waals surface area (Å²) in [6.45, 7) is 3.75. The maximum atomic E-state index is 11.3. The summed E-state index contributed by atoms with van der Waals surface area (Å²) in [4.78, 5) is 13.5. The number of rotatable bonds is 2. The number of carbonyl (C=O) groups excluding carboxylic acids is 1. The molecule has 0 bridgehead atoms. The Morgan fingerprint density at radius 2 is 2.06 bits per heavy atom. The first kappa shape index (κ1) is 10.9. The predicted octanol–water partition coefficient (Wildman–Crippen LogP) is 2.89. The Morgan fingerprint density at radius 1 is 1.38 bits per heavy atom. The van der Waals surface area contributed by atoms with Gasteiger partial charge in [0.25, 0.3) is 0 Å². The van der Waals surface area contributed by atoms with E-state index in [-0.39, 0.29) is 11.8 Å². The number of nitrogens with zero attached hydrogens (tertiary/aromatic N) is 1. The molecule has 2 heteroatoms. The molecule has 1 atom stereocenters. The van der Waals surface area contributed by atoms with Crippen LogP contribution in [0.3, 0.4) is 0 Å². The van der Waals surface area contributed by atoms with Crippen LogP contribution < -0.4 is 4.90 Å². The standard InChI is InChI=1S/C14H17NO/c1-10-8-12-6-4-5-7-13(12)15(3)14(10)9-11(2)16/h4-8,14H,9H2,1-3H3. The molecule has 84 valence electrons. The van der Waals surface area contributed by atoms with Gasteiger partial charge in [-0.05, 0) is 31.1 Å². The van der Waals surface area contributed by atoms with Crippen LogP contribution in [-0.2, 0) is 4.79 Å². The first-order valence-electron chi connectivity index (χ1n) is 5.59. The second-order valence-electron chi connectivity index (χ2n) is 4.48. The maximum Gasteiger partial charge on any atom is 0.132 e. The second kappa shape index (κ2) is 4.12. The monoisotopic (exact) mass is 215 g/mol. The molecule has 0 saturated carbocycles. The molecule has 0 radical (unpaired) electrons. The molecular formula is C14H17NO. The Bertz CT molecular complexity index is 448. The van der Waals surface area contributed by atoms with Crippen molar-refractivity contribution >= 4 is 17.5 Å². The van der Waals surface area contributed by atoms with Crippen molar-refractivity contribution in [3.05, 3.63) is 35.4 Å². The molecule has 0 spiro atoms. The first-order valence-corrected chi connectivity index (χ1v) is 5.59. The van der Waals surface area contributed by atoms with E-state index in [2.05, 4.69) is 37.1 Å². The fraction of sp³-hybridized carbons (Fsp3) is 0.357. The lowest BCUT2D eigenvalue weighted by Crippen LogP contribution is -2.36. The van der Waals surface area contributed by atoms with Crippen molar-refractivity contribution in [3.8, 4) is 0 Å². The highest BCUT2D eigenvalue weighted by molar-refractivity contribution is 5.80. The van der Waals surface area contributed by atoms with Gasteiger partial charge in [-0.3, -0.25) is 4.79 Å². The average molecular weight is 215 g/mol. The lowest BCUT2D eigenvalue weighted by Gasteiger charge is -2.35. The molecule has 1 unspecified atom stereocenters. The summed E-state index contributed by atoms with van der Waals surface area (Å²) in [5, 5.41) is 0. The number of anilines is 1. The molecule has 16 heavy (non-hydrogen) atoms. The van der Waals surface area contributed by atoms with Crippen LogP contribution >= 0.6 is 0 Å². The summed E-state index contributed by atoms with van der Waals surface area (Å²) in [6, 6.07) is 8.51. The number of para-hydroxylation sites is 1. The predicted molar refractivity (Wildman–Crippen MR) is 67.6 cm³/mol. The smallest absolute Gasteiger partial charge is 0.132 e. The van der Waals surface area contributed by atoms with Gasteiger partial charge in [0.05, 0.1) is 6.04 Å². The van der Waals surface area contributed by atoms with E-state index in [0.717, 1.165) is 0 Å². The Morgan fingerprint density at radius 3 is 2.75 bits per heavy atom. The van der Waals surface area contributed by atoms with E-state index in [9.17, 15) is 4.79 Å². The molecule has 1 aromatic carbocycles. The van der Waals surface area contributed by atoms with E-state index in [0.29, 0.717) is 6.42 Å².